The first-order valence-electron chi connectivity index (χ1n) is 6.95. The molecule has 8 heteroatoms. The Morgan fingerprint density at radius 3 is 2.46 bits per heavy atom. The number of hydrogen-bond acceptors (Lipinski definition) is 5. The number of halogens is 2. The Morgan fingerprint density at radius 2 is 1.79 bits per heavy atom. The van der Waals surface area contributed by atoms with Gasteiger partial charge in [0.25, 0.3) is 5.91 Å². The van der Waals surface area contributed by atoms with Crippen LogP contribution in [0.1, 0.15) is 16.1 Å². The number of carbonyl (C=O) groups is 1. The van der Waals surface area contributed by atoms with Crippen LogP contribution in [0.2, 0.25) is 10.0 Å². The zero-order chi connectivity index (χ0) is 17.1. The van der Waals surface area contributed by atoms with E-state index in [1.54, 1.807) is 6.92 Å². The van der Waals surface area contributed by atoms with Crippen molar-refractivity contribution in [2.45, 2.75) is 6.92 Å². The van der Waals surface area contributed by atoms with E-state index >= 15 is 0 Å². The van der Waals surface area contributed by atoms with Gasteiger partial charge in [0.2, 0.25) is 0 Å². The first kappa shape index (κ1) is 16.3. The molecule has 1 amide bonds. The summed E-state index contributed by atoms with van der Waals surface area (Å²) in [6.07, 6.45) is 2.84. The summed E-state index contributed by atoms with van der Waals surface area (Å²) in [5.74, 6) is -0.0170. The minimum atomic E-state index is -0.420. The third kappa shape index (κ3) is 3.20. The third-order valence-corrected chi connectivity index (χ3v) is 3.86. The van der Waals surface area contributed by atoms with Crippen molar-refractivity contribution in [3.8, 4) is 11.3 Å². The number of aryl methyl sites for hydroxylation is 1. The zero-order valence-electron chi connectivity index (χ0n) is 12.5. The van der Waals surface area contributed by atoms with Crippen LogP contribution < -0.4 is 10.9 Å². The van der Waals surface area contributed by atoms with Crippen molar-refractivity contribution < 1.29 is 9.32 Å². The number of carbonyl (C=O) groups excluding carboxylic acids is 1. The smallest absolute Gasteiger partial charge is 0.275 e. The quantitative estimate of drug-likeness (QED) is 0.682. The average molecular weight is 363 g/mol. The summed E-state index contributed by atoms with van der Waals surface area (Å²) in [5.41, 5.74) is 7.17. The molecule has 0 saturated heterocycles. The van der Waals surface area contributed by atoms with Gasteiger partial charge in [0, 0.05) is 18.0 Å². The number of anilines is 1. The maximum atomic E-state index is 12.5. The molecule has 6 nitrogen and oxygen atoms in total. The fraction of sp³-hybridized carbons (Fsp3) is 0.0625. The number of benzene rings is 1. The molecule has 3 rings (SSSR count). The van der Waals surface area contributed by atoms with Crippen molar-refractivity contribution in [3.05, 3.63) is 64.1 Å². The monoisotopic (exact) mass is 362 g/mol. The van der Waals surface area contributed by atoms with Crippen LogP contribution in [0.4, 0.5) is 5.69 Å². The van der Waals surface area contributed by atoms with Crippen LogP contribution in [0, 0.1) is 6.92 Å². The minimum absolute atomic E-state index is 0.285. The Morgan fingerprint density at radius 1 is 1.12 bits per heavy atom. The molecule has 0 bridgehead atoms. The molecule has 0 aliphatic carbocycles. The molecule has 0 spiro atoms. The van der Waals surface area contributed by atoms with E-state index in [9.17, 15) is 4.79 Å². The van der Waals surface area contributed by atoms with Crippen molar-refractivity contribution >= 4 is 34.8 Å². The summed E-state index contributed by atoms with van der Waals surface area (Å²) in [6.45, 7) is 1.67. The molecule has 0 radical (unpaired) electrons. The SMILES string of the molecule is Cc1onc(-c2ccccc2)c1C(=O)NNc1c(Cl)cncc1Cl. The Labute approximate surface area is 147 Å². The molecule has 2 heterocycles. The highest BCUT2D eigenvalue weighted by molar-refractivity contribution is 6.38. The van der Waals surface area contributed by atoms with Gasteiger partial charge >= 0.3 is 0 Å². The number of aromatic nitrogens is 2. The van der Waals surface area contributed by atoms with E-state index < -0.39 is 5.91 Å². The van der Waals surface area contributed by atoms with Crippen LogP contribution in [-0.2, 0) is 0 Å². The summed E-state index contributed by atoms with van der Waals surface area (Å²) in [7, 11) is 0. The molecular weight excluding hydrogens is 351 g/mol. The number of hydrogen-bond donors (Lipinski definition) is 2. The lowest BCUT2D eigenvalue weighted by molar-refractivity contribution is 0.0961. The third-order valence-electron chi connectivity index (χ3n) is 3.29. The molecule has 0 aliphatic rings. The fourth-order valence-electron chi connectivity index (χ4n) is 2.15. The molecule has 0 aliphatic heterocycles. The molecule has 0 unspecified atom stereocenters. The molecule has 0 saturated carbocycles. The molecule has 122 valence electrons. The average Bonchev–Trinajstić information content (AvgIpc) is 2.97. The highest BCUT2D eigenvalue weighted by atomic mass is 35.5. The van der Waals surface area contributed by atoms with Crippen molar-refractivity contribution in [2.24, 2.45) is 0 Å². The maximum absolute atomic E-state index is 12.5. The summed E-state index contributed by atoms with van der Waals surface area (Å²) < 4.78 is 5.17. The Kier molecular flexibility index (Phi) is 4.69. The molecule has 2 aromatic heterocycles. The van der Waals surface area contributed by atoms with Crippen LogP contribution in [0.3, 0.4) is 0 Å². The van der Waals surface area contributed by atoms with Crippen LogP contribution >= 0.6 is 23.2 Å². The van der Waals surface area contributed by atoms with Crippen molar-refractivity contribution in [3.63, 3.8) is 0 Å². The van der Waals surface area contributed by atoms with Gasteiger partial charge in [0.1, 0.15) is 17.0 Å². The van der Waals surface area contributed by atoms with Gasteiger partial charge in [-0.25, -0.2) is 0 Å². The lowest BCUT2D eigenvalue weighted by atomic mass is 10.1. The van der Waals surface area contributed by atoms with E-state index in [2.05, 4.69) is 21.0 Å². The van der Waals surface area contributed by atoms with Gasteiger partial charge in [-0.05, 0) is 6.92 Å². The van der Waals surface area contributed by atoms with Gasteiger partial charge < -0.3 is 4.52 Å². The predicted molar refractivity (Wildman–Crippen MR) is 92.0 cm³/mol. The van der Waals surface area contributed by atoms with Crippen molar-refractivity contribution in [2.75, 3.05) is 5.43 Å². The first-order valence-corrected chi connectivity index (χ1v) is 7.70. The first-order chi connectivity index (χ1) is 11.6. The molecule has 2 N–H and O–H groups in total. The molecular formula is C16H12Cl2N4O2. The molecule has 0 fully saturated rings. The predicted octanol–water partition coefficient (Wildman–Crippen LogP) is 4.11. The van der Waals surface area contributed by atoms with Crippen LogP contribution in [-0.4, -0.2) is 16.0 Å². The van der Waals surface area contributed by atoms with Gasteiger partial charge in [-0.15, -0.1) is 0 Å². The van der Waals surface area contributed by atoms with E-state index in [1.807, 2.05) is 30.3 Å². The Bertz CT molecular complexity index is 861. The van der Waals surface area contributed by atoms with Gasteiger partial charge in [-0.3, -0.25) is 20.6 Å². The van der Waals surface area contributed by atoms with Crippen molar-refractivity contribution in [1.29, 1.82) is 0 Å². The van der Waals surface area contributed by atoms with Crippen LogP contribution in [0.15, 0.2) is 47.2 Å². The second-order valence-corrected chi connectivity index (χ2v) is 5.70. The lowest BCUT2D eigenvalue weighted by Gasteiger charge is -2.11. The number of amides is 1. The number of pyridine rings is 1. The highest BCUT2D eigenvalue weighted by Crippen LogP contribution is 2.28. The topological polar surface area (TPSA) is 80.0 Å². The van der Waals surface area contributed by atoms with Crippen LogP contribution in [0.5, 0.6) is 0 Å². The van der Waals surface area contributed by atoms with Gasteiger partial charge in [-0.2, -0.15) is 0 Å². The molecule has 24 heavy (non-hydrogen) atoms. The maximum Gasteiger partial charge on any atom is 0.275 e. The minimum Gasteiger partial charge on any atom is -0.360 e. The van der Waals surface area contributed by atoms with Gasteiger partial charge in [0.15, 0.2) is 0 Å². The number of hydrazine groups is 1. The molecule has 0 atom stereocenters. The fourth-order valence-corrected chi connectivity index (χ4v) is 2.60. The Hall–Kier alpha value is -2.57. The number of nitrogens with zero attached hydrogens (tertiary/aromatic N) is 2. The standard InChI is InChI=1S/C16H12Cl2N4O2/c1-9-13(14(22-24-9)10-5-3-2-4-6-10)16(23)21-20-15-11(17)7-19-8-12(15)18/h2-8H,1H3,(H,19,20)(H,21,23). The summed E-state index contributed by atoms with van der Waals surface area (Å²) >= 11 is 12.0. The molecule has 3 aromatic rings. The van der Waals surface area contributed by atoms with Crippen LogP contribution in [0.25, 0.3) is 11.3 Å². The van der Waals surface area contributed by atoms with Gasteiger partial charge in [0.05, 0.1) is 15.7 Å². The largest absolute Gasteiger partial charge is 0.360 e. The van der Waals surface area contributed by atoms with Gasteiger partial charge in [-0.1, -0.05) is 58.7 Å². The van der Waals surface area contributed by atoms with E-state index in [0.29, 0.717) is 22.7 Å². The normalized spacial score (nSPS) is 10.5. The highest BCUT2D eigenvalue weighted by Gasteiger charge is 2.21. The van der Waals surface area contributed by atoms with E-state index in [1.165, 1.54) is 12.4 Å². The van der Waals surface area contributed by atoms with Crippen molar-refractivity contribution in [1.82, 2.24) is 15.6 Å². The van der Waals surface area contributed by atoms with E-state index in [0.717, 1.165) is 5.56 Å². The second kappa shape index (κ2) is 6.90. The summed E-state index contributed by atoms with van der Waals surface area (Å²) in [6, 6.07) is 9.28. The zero-order valence-corrected chi connectivity index (χ0v) is 14.0. The molecule has 1 aromatic carbocycles. The number of rotatable bonds is 4. The Balaban J connectivity index is 1.85. The number of nitrogens with one attached hydrogen (secondary N) is 2. The summed E-state index contributed by atoms with van der Waals surface area (Å²) in [5, 5.41) is 4.54. The second-order valence-electron chi connectivity index (χ2n) is 4.89. The summed E-state index contributed by atoms with van der Waals surface area (Å²) in [4.78, 5) is 16.4. The van der Waals surface area contributed by atoms with E-state index in [4.69, 9.17) is 27.7 Å². The van der Waals surface area contributed by atoms with E-state index in [-0.39, 0.29) is 10.0 Å². The lowest BCUT2D eigenvalue weighted by Crippen LogP contribution is -2.30.